The van der Waals surface area contributed by atoms with Crippen LogP contribution in [-0.2, 0) is 14.8 Å². The quantitative estimate of drug-likeness (QED) is 0.729. The van der Waals surface area contributed by atoms with Gasteiger partial charge in [0.05, 0.1) is 11.3 Å². The predicted octanol–water partition coefficient (Wildman–Crippen LogP) is 1.70. The van der Waals surface area contributed by atoms with Crippen LogP contribution in [0.3, 0.4) is 0 Å². The Morgan fingerprint density at radius 3 is 3.00 bits per heavy atom. The third-order valence-corrected chi connectivity index (χ3v) is 7.05. The summed E-state index contributed by atoms with van der Waals surface area (Å²) >= 11 is 6.03. The van der Waals surface area contributed by atoms with Crippen molar-refractivity contribution in [1.82, 2.24) is 14.6 Å². The third-order valence-electron chi connectivity index (χ3n) is 4.72. The highest BCUT2D eigenvalue weighted by molar-refractivity contribution is 7.90. The van der Waals surface area contributed by atoms with Crippen molar-refractivity contribution in [2.24, 2.45) is 0 Å². The van der Waals surface area contributed by atoms with Crippen LogP contribution in [0.5, 0.6) is 5.75 Å². The molecule has 10 nitrogen and oxygen atoms in total. The molecule has 154 valence electrons. The Kier molecular flexibility index (Phi) is 4.76. The number of urea groups is 1. The fourth-order valence-corrected chi connectivity index (χ4v) is 5.16. The molecule has 0 unspecified atom stereocenters. The maximum atomic E-state index is 13.0. The van der Waals surface area contributed by atoms with E-state index in [0.717, 1.165) is 0 Å². The Labute approximate surface area is 176 Å². The lowest BCUT2D eigenvalue weighted by atomic mass is 10.2. The summed E-state index contributed by atoms with van der Waals surface area (Å²) in [7, 11) is -4.29. The summed E-state index contributed by atoms with van der Waals surface area (Å²) in [5.74, 6) is -0.355. The fourth-order valence-electron chi connectivity index (χ4n) is 3.28. The van der Waals surface area contributed by atoms with Crippen molar-refractivity contribution in [2.75, 3.05) is 18.5 Å². The Hall–Kier alpha value is -3.36. The molecule has 3 amide bonds. The summed E-state index contributed by atoms with van der Waals surface area (Å²) in [6.45, 7) is 0.851. The van der Waals surface area contributed by atoms with Gasteiger partial charge in [0.1, 0.15) is 41.6 Å². The predicted molar refractivity (Wildman–Crippen MR) is 104 cm³/mol. The second-order valence-electron chi connectivity index (χ2n) is 6.64. The standard InChI is InChI=1S/C18H14ClN5O5S/c1-9-11(19)2-3-12-17(9)30(27,28)24(18(26)23-12)7-15(25)22-13-8-29-14-4-10(5-20)6-21-16(13)14/h2-4,6,13H,7-8H2,1H3,(H,22,25)(H,23,26)/t13-/m1/s1. The van der Waals surface area contributed by atoms with Crippen molar-refractivity contribution in [2.45, 2.75) is 17.9 Å². The number of ether oxygens (including phenoxy) is 1. The molecule has 2 aromatic rings. The second-order valence-corrected chi connectivity index (χ2v) is 8.85. The summed E-state index contributed by atoms with van der Waals surface area (Å²) < 4.78 is 31.9. The van der Waals surface area contributed by atoms with Crippen molar-refractivity contribution < 1.29 is 22.7 Å². The first-order chi connectivity index (χ1) is 14.2. The minimum Gasteiger partial charge on any atom is -0.489 e. The lowest BCUT2D eigenvalue weighted by Gasteiger charge is -2.29. The van der Waals surface area contributed by atoms with E-state index in [2.05, 4.69) is 15.6 Å². The van der Waals surface area contributed by atoms with E-state index < -0.39 is 34.5 Å². The molecule has 0 saturated heterocycles. The molecule has 0 radical (unpaired) electrons. The highest BCUT2D eigenvalue weighted by Gasteiger charge is 2.40. The molecule has 0 aliphatic carbocycles. The number of carbonyl (C=O) groups excluding carboxylic acids is 2. The van der Waals surface area contributed by atoms with E-state index >= 15 is 0 Å². The van der Waals surface area contributed by atoms with Crippen LogP contribution in [-0.4, -0.2) is 42.8 Å². The second kappa shape index (κ2) is 7.16. The number of halogens is 1. The summed E-state index contributed by atoms with van der Waals surface area (Å²) in [4.78, 5) is 28.9. The van der Waals surface area contributed by atoms with Gasteiger partial charge in [0.25, 0.3) is 10.0 Å². The Morgan fingerprint density at radius 2 is 2.27 bits per heavy atom. The average molecular weight is 448 g/mol. The monoisotopic (exact) mass is 447 g/mol. The summed E-state index contributed by atoms with van der Waals surface area (Å²) in [6.07, 6.45) is 1.35. The number of nitriles is 1. The number of fused-ring (bicyclic) bond motifs is 2. The number of anilines is 1. The smallest absolute Gasteiger partial charge is 0.336 e. The van der Waals surface area contributed by atoms with E-state index in [1.165, 1.54) is 31.3 Å². The number of carbonyl (C=O) groups is 2. The zero-order valence-electron chi connectivity index (χ0n) is 15.5. The molecular weight excluding hydrogens is 434 g/mol. The number of aromatic nitrogens is 1. The van der Waals surface area contributed by atoms with E-state index in [4.69, 9.17) is 21.6 Å². The summed E-state index contributed by atoms with van der Waals surface area (Å²) in [6, 6.07) is 4.73. The van der Waals surface area contributed by atoms with Crippen LogP contribution in [0.15, 0.2) is 29.3 Å². The average Bonchev–Trinajstić information content (AvgIpc) is 3.09. The van der Waals surface area contributed by atoms with Crippen molar-refractivity contribution in [3.05, 3.63) is 46.2 Å². The van der Waals surface area contributed by atoms with Crippen molar-refractivity contribution >= 4 is 39.2 Å². The molecule has 4 rings (SSSR count). The van der Waals surface area contributed by atoms with Gasteiger partial charge in [-0.15, -0.1) is 0 Å². The highest BCUT2D eigenvalue weighted by Crippen LogP contribution is 2.36. The maximum absolute atomic E-state index is 13.0. The number of rotatable bonds is 3. The zero-order chi connectivity index (χ0) is 21.6. The molecule has 0 bridgehead atoms. The Balaban J connectivity index is 1.55. The van der Waals surface area contributed by atoms with Gasteiger partial charge in [-0.2, -0.15) is 5.26 Å². The minimum atomic E-state index is -4.29. The van der Waals surface area contributed by atoms with Crippen LogP contribution < -0.4 is 15.4 Å². The molecule has 30 heavy (non-hydrogen) atoms. The lowest BCUT2D eigenvalue weighted by molar-refractivity contribution is -0.121. The Morgan fingerprint density at radius 1 is 1.50 bits per heavy atom. The molecule has 12 heteroatoms. The summed E-state index contributed by atoms with van der Waals surface area (Å²) in [5.41, 5.74) is 1.11. The van der Waals surface area contributed by atoms with Gasteiger partial charge in [0.2, 0.25) is 5.91 Å². The fraction of sp³-hybridized carbons (Fsp3) is 0.222. The first-order valence-electron chi connectivity index (χ1n) is 8.67. The molecule has 1 aromatic carbocycles. The van der Waals surface area contributed by atoms with E-state index in [1.54, 1.807) is 0 Å². The van der Waals surface area contributed by atoms with Crippen LogP contribution in [0.4, 0.5) is 10.5 Å². The van der Waals surface area contributed by atoms with Gasteiger partial charge in [0.15, 0.2) is 0 Å². The number of nitrogens with one attached hydrogen (secondary N) is 2. The lowest BCUT2D eigenvalue weighted by Crippen LogP contribution is -2.49. The largest absolute Gasteiger partial charge is 0.489 e. The number of nitrogens with zero attached hydrogens (tertiary/aromatic N) is 3. The molecule has 0 spiro atoms. The topological polar surface area (TPSA) is 141 Å². The third kappa shape index (κ3) is 3.20. The van der Waals surface area contributed by atoms with Gasteiger partial charge in [-0.1, -0.05) is 11.6 Å². The SMILES string of the molecule is Cc1c(Cl)ccc2c1S(=O)(=O)N(CC(=O)N[C@@H]1COc3cc(C#N)cnc31)C(=O)N2. The maximum Gasteiger partial charge on any atom is 0.336 e. The van der Waals surface area contributed by atoms with Crippen LogP contribution in [0.25, 0.3) is 0 Å². The number of sulfonamides is 1. The number of benzene rings is 1. The molecule has 2 N–H and O–H groups in total. The number of pyridine rings is 1. The minimum absolute atomic E-state index is 0.0689. The van der Waals surface area contributed by atoms with Crippen molar-refractivity contribution in [3.63, 3.8) is 0 Å². The van der Waals surface area contributed by atoms with Crippen molar-refractivity contribution in [1.29, 1.82) is 5.26 Å². The van der Waals surface area contributed by atoms with Crippen LogP contribution in [0.2, 0.25) is 5.02 Å². The van der Waals surface area contributed by atoms with Crippen molar-refractivity contribution in [3.8, 4) is 11.8 Å². The van der Waals surface area contributed by atoms with Gasteiger partial charge in [0, 0.05) is 17.3 Å². The molecule has 1 atom stereocenters. The molecular formula is C18H14ClN5O5S. The zero-order valence-corrected chi connectivity index (χ0v) is 17.0. The van der Waals surface area contributed by atoms with Gasteiger partial charge in [-0.3, -0.25) is 9.78 Å². The first-order valence-corrected chi connectivity index (χ1v) is 10.5. The van der Waals surface area contributed by atoms with Crippen LogP contribution in [0.1, 0.15) is 22.9 Å². The molecule has 0 saturated carbocycles. The normalized spacial score (nSPS) is 18.5. The molecule has 2 aliphatic heterocycles. The number of hydrogen-bond acceptors (Lipinski definition) is 7. The van der Waals surface area contributed by atoms with Gasteiger partial charge < -0.3 is 15.4 Å². The van der Waals surface area contributed by atoms with Crippen LogP contribution >= 0.6 is 11.6 Å². The van der Waals surface area contributed by atoms with E-state index in [1.807, 2.05) is 6.07 Å². The van der Waals surface area contributed by atoms with Gasteiger partial charge in [-0.05, 0) is 24.6 Å². The first kappa shape index (κ1) is 19.9. The highest BCUT2D eigenvalue weighted by atomic mass is 35.5. The number of amides is 3. The van der Waals surface area contributed by atoms with Gasteiger partial charge in [-0.25, -0.2) is 17.5 Å². The summed E-state index contributed by atoms with van der Waals surface area (Å²) in [5, 5.41) is 14.2. The number of hydrogen-bond donors (Lipinski definition) is 2. The molecule has 2 aliphatic rings. The van der Waals surface area contributed by atoms with Gasteiger partial charge >= 0.3 is 6.03 Å². The van der Waals surface area contributed by atoms with E-state index in [-0.39, 0.29) is 27.8 Å². The van der Waals surface area contributed by atoms with E-state index in [9.17, 15) is 18.0 Å². The Bertz CT molecular complexity index is 1240. The van der Waals surface area contributed by atoms with Crippen LogP contribution in [0, 0.1) is 18.3 Å². The molecule has 3 heterocycles. The molecule has 1 aromatic heterocycles. The molecule has 0 fully saturated rings. The van der Waals surface area contributed by atoms with E-state index in [0.29, 0.717) is 21.3 Å².